The number of fused-ring (bicyclic) bond motifs is 3. The maximum absolute atomic E-state index is 15.2. The molecule has 1 aliphatic rings. The van der Waals surface area contributed by atoms with E-state index in [0.29, 0.717) is 24.2 Å². The molecule has 4 aromatic carbocycles. The monoisotopic (exact) mass is 791 g/mol. The fraction of sp³-hybridized carbons (Fsp3) is 0.304. The molecule has 0 saturated carbocycles. The Morgan fingerprint density at radius 2 is 1.51 bits per heavy atom. The minimum atomic E-state index is -0.957. The topological polar surface area (TPSA) is 109 Å². The number of nitrogens with one attached hydrogen (secondary N) is 1. The van der Waals surface area contributed by atoms with Crippen LogP contribution in [0.3, 0.4) is 0 Å². The third-order valence-electron chi connectivity index (χ3n) is 10.3. The van der Waals surface area contributed by atoms with Crippen molar-refractivity contribution in [1.29, 1.82) is 0 Å². The van der Waals surface area contributed by atoms with Crippen molar-refractivity contribution in [3.63, 3.8) is 0 Å². The van der Waals surface area contributed by atoms with Crippen molar-refractivity contribution in [2.24, 2.45) is 5.41 Å². The molecular formula is C46H47F2N3O5S. The van der Waals surface area contributed by atoms with Crippen LogP contribution in [0.4, 0.5) is 8.78 Å². The molecule has 2 amide bonds. The average Bonchev–Trinajstić information content (AvgIpc) is 3.73. The highest BCUT2D eigenvalue weighted by Crippen LogP contribution is 2.46. The summed E-state index contributed by atoms with van der Waals surface area (Å²) in [5.74, 6) is -3.54. The van der Waals surface area contributed by atoms with E-state index in [9.17, 15) is 28.7 Å². The molecule has 0 aliphatic heterocycles. The number of Topliss-reactive ketones (excluding diaryl/α,β-unsaturated/α-hetero) is 1. The Balaban J connectivity index is 1.24. The number of hydrogen-bond donors (Lipinski definition) is 2. The lowest BCUT2D eigenvalue weighted by atomic mass is 9.83. The Morgan fingerprint density at radius 3 is 2.16 bits per heavy atom. The molecule has 0 fully saturated rings. The second-order valence-electron chi connectivity index (χ2n) is 15.4. The van der Waals surface area contributed by atoms with Crippen LogP contribution < -0.4 is 5.32 Å². The molecule has 57 heavy (non-hydrogen) atoms. The average molecular weight is 792 g/mol. The number of aliphatic carboxylic acids is 1. The van der Waals surface area contributed by atoms with E-state index < -0.39 is 40.8 Å². The molecule has 0 radical (unpaired) electrons. The number of carbonyl (C=O) groups excluding carboxylic acids is 3. The second-order valence-corrected chi connectivity index (χ2v) is 16.5. The summed E-state index contributed by atoms with van der Waals surface area (Å²) in [6.45, 7) is 6.70. The van der Waals surface area contributed by atoms with E-state index in [1.54, 1.807) is 17.2 Å². The minimum Gasteiger partial charge on any atom is -0.481 e. The summed E-state index contributed by atoms with van der Waals surface area (Å²) < 4.78 is 31.6. The van der Waals surface area contributed by atoms with Gasteiger partial charge in [-0.3, -0.25) is 19.2 Å². The summed E-state index contributed by atoms with van der Waals surface area (Å²) in [6, 6.07) is 30.1. The van der Waals surface area contributed by atoms with Crippen LogP contribution in [-0.2, 0) is 25.7 Å². The van der Waals surface area contributed by atoms with Gasteiger partial charge >= 0.3 is 5.97 Å². The van der Waals surface area contributed by atoms with Crippen molar-refractivity contribution in [3.8, 4) is 22.3 Å². The first kappa shape index (κ1) is 41.1. The van der Waals surface area contributed by atoms with Crippen LogP contribution in [0, 0.1) is 17.0 Å². The van der Waals surface area contributed by atoms with Gasteiger partial charge in [0.25, 0.3) is 5.91 Å². The predicted molar refractivity (Wildman–Crippen MR) is 220 cm³/mol. The molecule has 5 aromatic rings. The Kier molecular flexibility index (Phi) is 13.1. The van der Waals surface area contributed by atoms with Crippen molar-refractivity contribution in [3.05, 3.63) is 143 Å². The van der Waals surface area contributed by atoms with Gasteiger partial charge in [-0.2, -0.15) is 11.8 Å². The van der Waals surface area contributed by atoms with Crippen LogP contribution in [-0.4, -0.2) is 62.7 Å². The molecule has 0 saturated heterocycles. The van der Waals surface area contributed by atoms with E-state index in [-0.39, 0.29) is 54.8 Å². The van der Waals surface area contributed by atoms with E-state index in [1.165, 1.54) is 11.8 Å². The smallest absolute Gasteiger partial charge is 0.304 e. The standard InChI is InChI=1S/C46H47F2N3O5S/c1-46(2,3)44(40-24-31(37-25-32(47)18-19-39(37)48)28-50(40)27-30-12-5-4-6-13-30)51(42(53)29-57-23-20-43(54)55)22-11-21-49-45(56)41(52)26-38-35-16-9-7-14-33(35)34-15-8-10-17-36(34)38/h4-10,12-19,24-25,28,38,44H,11,20-23,26-27,29H2,1-3H3,(H,49,56)(H,54,55). The molecule has 11 heteroatoms. The van der Waals surface area contributed by atoms with Gasteiger partial charge in [0, 0.05) is 60.7 Å². The Hall–Kier alpha value is -5.55. The molecule has 0 bridgehead atoms. The van der Waals surface area contributed by atoms with Crippen LogP contribution >= 0.6 is 11.8 Å². The third-order valence-corrected chi connectivity index (χ3v) is 11.2. The number of carboxylic acid groups (broad SMARTS) is 1. The highest BCUT2D eigenvalue weighted by atomic mass is 32.2. The Bertz CT molecular complexity index is 2200. The maximum Gasteiger partial charge on any atom is 0.304 e. The zero-order chi connectivity index (χ0) is 40.7. The fourth-order valence-corrected chi connectivity index (χ4v) is 8.52. The molecule has 1 aromatic heterocycles. The summed E-state index contributed by atoms with van der Waals surface area (Å²) in [6.07, 6.45) is 2.02. The number of nitrogens with zero attached hydrogens (tertiary/aromatic N) is 2. The molecule has 1 aliphatic carbocycles. The van der Waals surface area contributed by atoms with Crippen molar-refractivity contribution in [2.75, 3.05) is 24.6 Å². The molecule has 1 unspecified atom stereocenters. The van der Waals surface area contributed by atoms with E-state index in [4.69, 9.17) is 0 Å². The quantitative estimate of drug-likeness (QED) is 0.0720. The number of halogens is 2. The highest BCUT2D eigenvalue weighted by Gasteiger charge is 2.37. The zero-order valence-electron chi connectivity index (χ0n) is 32.3. The number of rotatable bonds is 17. The lowest BCUT2D eigenvalue weighted by Crippen LogP contribution is -2.44. The van der Waals surface area contributed by atoms with Gasteiger partial charge in [0.2, 0.25) is 11.7 Å². The summed E-state index contributed by atoms with van der Waals surface area (Å²) in [5, 5.41) is 12.0. The number of carbonyl (C=O) groups is 4. The summed E-state index contributed by atoms with van der Waals surface area (Å²) in [5.41, 5.74) is 5.79. The van der Waals surface area contributed by atoms with Crippen molar-refractivity contribution < 1.29 is 33.1 Å². The molecule has 296 valence electrons. The normalized spacial score (nSPS) is 12.8. The summed E-state index contributed by atoms with van der Waals surface area (Å²) >= 11 is 1.22. The van der Waals surface area contributed by atoms with Gasteiger partial charge in [-0.15, -0.1) is 0 Å². The minimum absolute atomic E-state index is 0.0137. The second kappa shape index (κ2) is 18.1. The number of hydrogen-bond acceptors (Lipinski definition) is 5. The molecule has 1 atom stereocenters. The van der Waals surface area contributed by atoms with Crippen molar-refractivity contribution in [1.82, 2.24) is 14.8 Å². The number of benzene rings is 4. The van der Waals surface area contributed by atoms with E-state index in [0.717, 1.165) is 46.0 Å². The molecule has 8 nitrogen and oxygen atoms in total. The van der Waals surface area contributed by atoms with Gasteiger partial charge in [-0.1, -0.05) is 99.6 Å². The van der Waals surface area contributed by atoms with E-state index in [2.05, 4.69) is 5.32 Å². The Labute approximate surface area is 336 Å². The van der Waals surface area contributed by atoms with Crippen LogP contribution in [0.1, 0.15) is 74.4 Å². The lowest BCUT2D eigenvalue weighted by Gasteiger charge is -2.41. The number of carboxylic acids is 1. The number of thioether (sulfide) groups is 1. The van der Waals surface area contributed by atoms with Crippen LogP contribution in [0.5, 0.6) is 0 Å². The third kappa shape index (κ3) is 9.89. The van der Waals surface area contributed by atoms with Gasteiger partial charge in [-0.25, -0.2) is 8.78 Å². The zero-order valence-corrected chi connectivity index (χ0v) is 33.2. The predicted octanol–water partition coefficient (Wildman–Crippen LogP) is 8.88. The van der Waals surface area contributed by atoms with Gasteiger partial charge < -0.3 is 19.9 Å². The largest absolute Gasteiger partial charge is 0.481 e. The molecule has 0 spiro atoms. The fourth-order valence-electron chi connectivity index (χ4n) is 7.72. The highest BCUT2D eigenvalue weighted by molar-refractivity contribution is 7.99. The first-order valence-corrected chi connectivity index (χ1v) is 20.2. The summed E-state index contributed by atoms with van der Waals surface area (Å²) in [7, 11) is 0. The van der Waals surface area contributed by atoms with Crippen molar-refractivity contribution >= 4 is 35.3 Å². The lowest BCUT2D eigenvalue weighted by molar-refractivity contribution is -0.138. The summed E-state index contributed by atoms with van der Waals surface area (Å²) in [4.78, 5) is 53.8. The molecule has 6 rings (SSSR count). The maximum atomic E-state index is 15.2. The Morgan fingerprint density at radius 1 is 0.860 bits per heavy atom. The van der Waals surface area contributed by atoms with Gasteiger partial charge in [0.05, 0.1) is 18.2 Å². The number of amides is 2. The van der Waals surface area contributed by atoms with Crippen LogP contribution in [0.15, 0.2) is 109 Å². The molecule has 1 heterocycles. The van der Waals surface area contributed by atoms with Crippen LogP contribution in [0.2, 0.25) is 0 Å². The van der Waals surface area contributed by atoms with Crippen LogP contribution in [0.25, 0.3) is 22.3 Å². The van der Waals surface area contributed by atoms with Gasteiger partial charge in [0.1, 0.15) is 11.6 Å². The number of aromatic nitrogens is 1. The van der Waals surface area contributed by atoms with Gasteiger partial charge in [0.15, 0.2) is 0 Å². The first-order chi connectivity index (χ1) is 27.3. The SMILES string of the molecule is CC(C)(C)C(c1cc(-c2cc(F)ccc2F)cn1Cc1ccccc1)N(CCCNC(=O)C(=O)CC1c2ccccc2-c2ccccc21)C(=O)CSCCC(=O)O. The van der Waals surface area contributed by atoms with E-state index in [1.807, 2.05) is 104 Å². The van der Waals surface area contributed by atoms with E-state index >= 15 is 4.39 Å². The molecule has 2 N–H and O–H groups in total. The number of ketones is 1. The molecular weight excluding hydrogens is 745 g/mol. The van der Waals surface area contributed by atoms with Crippen molar-refractivity contribution in [2.45, 2.75) is 58.5 Å². The van der Waals surface area contributed by atoms with Gasteiger partial charge in [-0.05, 0) is 63.9 Å². The first-order valence-electron chi connectivity index (χ1n) is 19.1.